The minimum atomic E-state index is 1.30. The lowest BCUT2D eigenvalue weighted by molar-refractivity contribution is 0.595. The maximum Gasteiger partial charge on any atom is -0.0273 e. The van der Waals surface area contributed by atoms with Gasteiger partial charge in [0.05, 0.1) is 0 Å². The monoisotopic (exact) mass is 400 g/mol. The molecule has 29 heavy (non-hydrogen) atoms. The summed E-state index contributed by atoms with van der Waals surface area (Å²) in [6, 6.07) is 7.23. The highest BCUT2D eigenvalue weighted by Gasteiger charge is 2.09. The van der Waals surface area contributed by atoms with E-state index < -0.39 is 0 Å². The highest BCUT2D eigenvalue weighted by Crippen LogP contribution is 2.23. The molecule has 0 nitrogen and oxygen atoms in total. The molecule has 168 valence electrons. The standard InChI is InChI=1S/C29H52/c1-4-7-10-13-16-19-23-28-25-21-24-27(22-18-15-12-9-6-3)29(28)26-20-17-14-11-8-5-2/h21,24-25H,4-20,22-23,26H2,1-3H3. The smallest absolute Gasteiger partial charge is 0.0273 e. The molecule has 1 aromatic rings. The van der Waals surface area contributed by atoms with Crippen LogP contribution >= 0.6 is 0 Å². The van der Waals surface area contributed by atoms with Gasteiger partial charge in [-0.3, -0.25) is 0 Å². The van der Waals surface area contributed by atoms with Crippen LogP contribution < -0.4 is 0 Å². The summed E-state index contributed by atoms with van der Waals surface area (Å²) in [5.74, 6) is 0. The first-order chi connectivity index (χ1) is 14.3. The summed E-state index contributed by atoms with van der Waals surface area (Å²) < 4.78 is 0. The summed E-state index contributed by atoms with van der Waals surface area (Å²) in [7, 11) is 0. The van der Waals surface area contributed by atoms with Gasteiger partial charge in [0.1, 0.15) is 0 Å². The Morgan fingerprint density at radius 3 is 1.17 bits per heavy atom. The second kappa shape index (κ2) is 19.2. The van der Waals surface area contributed by atoms with Crippen LogP contribution in [0.5, 0.6) is 0 Å². The Morgan fingerprint density at radius 1 is 0.414 bits per heavy atom. The van der Waals surface area contributed by atoms with E-state index in [1.54, 1.807) is 16.7 Å². The minimum Gasteiger partial charge on any atom is -0.0654 e. The van der Waals surface area contributed by atoms with E-state index in [4.69, 9.17) is 0 Å². The molecule has 0 amide bonds. The normalized spacial score (nSPS) is 11.3. The van der Waals surface area contributed by atoms with Crippen molar-refractivity contribution in [2.45, 2.75) is 149 Å². The Labute approximate surface area is 184 Å². The van der Waals surface area contributed by atoms with Crippen molar-refractivity contribution in [1.29, 1.82) is 0 Å². The molecule has 0 radical (unpaired) electrons. The molecule has 1 aromatic carbocycles. The molecule has 0 aliphatic rings. The van der Waals surface area contributed by atoms with Gasteiger partial charge in [0.2, 0.25) is 0 Å². The Balaban J connectivity index is 2.56. The lowest BCUT2D eigenvalue weighted by Crippen LogP contribution is -2.02. The third-order valence-electron chi connectivity index (χ3n) is 6.50. The van der Waals surface area contributed by atoms with Gasteiger partial charge in [-0.15, -0.1) is 0 Å². The van der Waals surface area contributed by atoms with Crippen LogP contribution in [0.4, 0.5) is 0 Å². The summed E-state index contributed by atoms with van der Waals surface area (Å²) in [6.45, 7) is 6.93. The Morgan fingerprint density at radius 2 is 0.759 bits per heavy atom. The maximum atomic E-state index is 2.44. The van der Waals surface area contributed by atoms with Crippen molar-refractivity contribution in [2.24, 2.45) is 0 Å². The number of benzene rings is 1. The van der Waals surface area contributed by atoms with Gasteiger partial charge in [0.15, 0.2) is 0 Å². The van der Waals surface area contributed by atoms with E-state index in [0.29, 0.717) is 0 Å². The van der Waals surface area contributed by atoms with Crippen molar-refractivity contribution in [1.82, 2.24) is 0 Å². The van der Waals surface area contributed by atoms with Crippen molar-refractivity contribution < 1.29 is 0 Å². The molecule has 0 unspecified atom stereocenters. The molecule has 0 saturated heterocycles. The average Bonchev–Trinajstić information content (AvgIpc) is 2.74. The van der Waals surface area contributed by atoms with Gasteiger partial charge in [0, 0.05) is 0 Å². The molecule has 0 spiro atoms. The highest BCUT2D eigenvalue weighted by atomic mass is 14.1. The lowest BCUT2D eigenvalue weighted by Gasteiger charge is -2.16. The molecular formula is C29H52. The van der Waals surface area contributed by atoms with E-state index in [2.05, 4.69) is 39.0 Å². The van der Waals surface area contributed by atoms with Crippen LogP contribution in [0.25, 0.3) is 0 Å². The quantitative estimate of drug-likeness (QED) is 0.191. The first-order valence-electron chi connectivity index (χ1n) is 13.4. The molecule has 0 bridgehead atoms. The Bertz CT molecular complexity index is 473. The van der Waals surface area contributed by atoms with Crippen molar-refractivity contribution in [2.75, 3.05) is 0 Å². The van der Waals surface area contributed by atoms with Crippen LogP contribution in [0.3, 0.4) is 0 Å². The number of unbranched alkanes of at least 4 members (excludes halogenated alkanes) is 14. The van der Waals surface area contributed by atoms with Crippen molar-refractivity contribution in [3.8, 4) is 0 Å². The Hall–Kier alpha value is -0.780. The fourth-order valence-electron chi connectivity index (χ4n) is 4.57. The van der Waals surface area contributed by atoms with Crippen molar-refractivity contribution in [3.05, 3.63) is 34.9 Å². The summed E-state index contributed by atoms with van der Waals surface area (Å²) in [5, 5.41) is 0. The minimum absolute atomic E-state index is 1.30. The highest BCUT2D eigenvalue weighted by molar-refractivity contribution is 5.36. The SMILES string of the molecule is CCCCCCCCc1cccc(CCCCCCC)c1CCCCCCCC. The molecule has 0 N–H and O–H groups in total. The molecule has 0 heteroatoms. The number of aryl methyl sites for hydroxylation is 2. The molecule has 0 aliphatic heterocycles. The molecule has 0 heterocycles. The topological polar surface area (TPSA) is 0 Å². The molecule has 0 aliphatic carbocycles. The number of rotatable bonds is 20. The molecular weight excluding hydrogens is 348 g/mol. The van der Waals surface area contributed by atoms with E-state index in [-0.39, 0.29) is 0 Å². The van der Waals surface area contributed by atoms with Gasteiger partial charge in [-0.2, -0.15) is 0 Å². The second-order valence-corrected chi connectivity index (χ2v) is 9.25. The van der Waals surface area contributed by atoms with Gasteiger partial charge in [-0.1, -0.05) is 129 Å². The summed E-state index contributed by atoms with van der Waals surface area (Å²) >= 11 is 0. The predicted octanol–water partition coefficient (Wildman–Crippen LogP) is 10.0. The van der Waals surface area contributed by atoms with E-state index >= 15 is 0 Å². The molecule has 0 atom stereocenters. The van der Waals surface area contributed by atoms with Gasteiger partial charge in [-0.05, 0) is 55.2 Å². The van der Waals surface area contributed by atoms with Crippen LogP contribution in [0.2, 0.25) is 0 Å². The first kappa shape index (κ1) is 26.3. The van der Waals surface area contributed by atoms with Crippen LogP contribution in [0.15, 0.2) is 18.2 Å². The molecule has 0 aromatic heterocycles. The number of hydrogen-bond acceptors (Lipinski definition) is 0. The summed E-state index contributed by atoms with van der Waals surface area (Å²) in [4.78, 5) is 0. The van der Waals surface area contributed by atoms with Gasteiger partial charge in [0.25, 0.3) is 0 Å². The predicted molar refractivity (Wildman–Crippen MR) is 133 cm³/mol. The lowest BCUT2D eigenvalue weighted by atomic mass is 9.90. The fourth-order valence-corrected chi connectivity index (χ4v) is 4.57. The van der Waals surface area contributed by atoms with Crippen LogP contribution in [0, 0.1) is 0 Å². The first-order valence-corrected chi connectivity index (χ1v) is 13.4. The average molecular weight is 401 g/mol. The van der Waals surface area contributed by atoms with Crippen LogP contribution in [0.1, 0.15) is 147 Å². The zero-order chi connectivity index (χ0) is 21.0. The van der Waals surface area contributed by atoms with Gasteiger partial charge < -0.3 is 0 Å². The third-order valence-corrected chi connectivity index (χ3v) is 6.50. The Kier molecular flexibility index (Phi) is 17.4. The summed E-state index contributed by atoms with van der Waals surface area (Å²) in [6.07, 6.45) is 27.7. The number of hydrogen-bond donors (Lipinski definition) is 0. The van der Waals surface area contributed by atoms with Crippen LogP contribution in [-0.4, -0.2) is 0 Å². The van der Waals surface area contributed by atoms with E-state index in [1.165, 1.54) is 128 Å². The van der Waals surface area contributed by atoms with E-state index in [1.807, 2.05) is 0 Å². The van der Waals surface area contributed by atoms with E-state index in [9.17, 15) is 0 Å². The van der Waals surface area contributed by atoms with Crippen molar-refractivity contribution >= 4 is 0 Å². The molecule has 1 rings (SSSR count). The maximum absolute atomic E-state index is 2.44. The van der Waals surface area contributed by atoms with Gasteiger partial charge in [-0.25, -0.2) is 0 Å². The molecule has 0 saturated carbocycles. The largest absolute Gasteiger partial charge is 0.0654 e. The zero-order valence-electron chi connectivity index (χ0n) is 20.4. The van der Waals surface area contributed by atoms with E-state index in [0.717, 1.165) is 0 Å². The third kappa shape index (κ3) is 13.2. The van der Waals surface area contributed by atoms with Crippen LogP contribution in [-0.2, 0) is 19.3 Å². The second-order valence-electron chi connectivity index (χ2n) is 9.25. The fraction of sp³-hybridized carbons (Fsp3) is 0.793. The van der Waals surface area contributed by atoms with Gasteiger partial charge >= 0.3 is 0 Å². The zero-order valence-corrected chi connectivity index (χ0v) is 20.4. The summed E-state index contributed by atoms with van der Waals surface area (Å²) in [5.41, 5.74) is 5.10. The molecule has 0 fully saturated rings. The van der Waals surface area contributed by atoms with Crippen molar-refractivity contribution in [3.63, 3.8) is 0 Å².